The molecular weight excluding hydrogens is 228 g/mol. The van der Waals surface area contributed by atoms with Crippen LogP contribution in [0.15, 0.2) is 0 Å². The van der Waals surface area contributed by atoms with Crippen LogP contribution in [0.1, 0.15) is 51.4 Å². The van der Waals surface area contributed by atoms with E-state index in [-0.39, 0.29) is 0 Å². The highest BCUT2D eigenvalue weighted by Crippen LogP contribution is 2.30. The van der Waals surface area contributed by atoms with Crippen LogP contribution in [0.5, 0.6) is 0 Å². The molecule has 18 heavy (non-hydrogen) atoms. The number of rotatable bonds is 2. The fraction of sp³-hybridized carbons (Fsp3) is 0.857. The van der Waals surface area contributed by atoms with Crippen LogP contribution in [0.2, 0.25) is 0 Å². The van der Waals surface area contributed by atoms with Crippen LogP contribution in [0.4, 0.5) is 0 Å². The summed E-state index contributed by atoms with van der Waals surface area (Å²) in [7, 11) is 0. The first-order valence-electron chi connectivity index (χ1n) is 7.34. The predicted molar refractivity (Wildman–Crippen MR) is 67.9 cm³/mol. The molecule has 3 fully saturated rings. The Labute approximate surface area is 108 Å². The van der Waals surface area contributed by atoms with Gasteiger partial charge in [-0.25, -0.2) is 0 Å². The number of nitrogens with zero attached hydrogens (tertiary/aromatic N) is 2. The van der Waals surface area contributed by atoms with Crippen LogP contribution in [-0.2, 0) is 9.59 Å². The molecule has 0 aromatic heterocycles. The van der Waals surface area contributed by atoms with Crippen molar-refractivity contribution in [3.63, 3.8) is 0 Å². The molecule has 2 aliphatic heterocycles. The summed E-state index contributed by atoms with van der Waals surface area (Å²) < 4.78 is 0. The molecule has 3 aliphatic rings. The minimum atomic E-state index is 0.343. The summed E-state index contributed by atoms with van der Waals surface area (Å²) in [6.45, 7) is 1.91. The molecule has 0 N–H and O–H groups in total. The standard InChI is InChI=1S/C14H22N2O2/c17-13-3-1-9-15(13)11-5-7-12(8-6-11)16-10-2-4-14(16)18/h11-12H,1-10H2. The van der Waals surface area contributed by atoms with Gasteiger partial charge in [0.2, 0.25) is 11.8 Å². The Hall–Kier alpha value is -1.06. The van der Waals surface area contributed by atoms with Crippen LogP contribution < -0.4 is 0 Å². The highest BCUT2D eigenvalue weighted by Gasteiger charge is 2.35. The number of hydrogen-bond acceptors (Lipinski definition) is 2. The normalized spacial score (nSPS) is 33.6. The summed E-state index contributed by atoms with van der Waals surface area (Å²) in [5.74, 6) is 0.686. The average Bonchev–Trinajstić information content (AvgIpc) is 2.98. The molecule has 0 unspecified atom stereocenters. The predicted octanol–water partition coefficient (Wildman–Crippen LogP) is 1.54. The van der Waals surface area contributed by atoms with Crippen molar-refractivity contribution < 1.29 is 9.59 Å². The Morgan fingerprint density at radius 2 is 1.11 bits per heavy atom. The van der Waals surface area contributed by atoms with E-state index in [4.69, 9.17) is 0 Å². The maximum atomic E-state index is 11.7. The van der Waals surface area contributed by atoms with Gasteiger partial charge in [0, 0.05) is 38.0 Å². The van der Waals surface area contributed by atoms with Crippen LogP contribution in [-0.4, -0.2) is 46.8 Å². The van der Waals surface area contributed by atoms with Crippen LogP contribution in [0.3, 0.4) is 0 Å². The van der Waals surface area contributed by atoms with E-state index in [1.807, 2.05) is 0 Å². The molecule has 0 radical (unpaired) electrons. The molecule has 0 aromatic rings. The molecule has 0 atom stereocenters. The topological polar surface area (TPSA) is 40.6 Å². The van der Waals surface area contributed by atoms with Gasteiger partial charge in [0.15, 0.2) is 0 Å². The van der Waals surface area contributed by atoms with E-state index in [1.54, 1.807) is 0 Å². The maximum absolute atomic E-state index is 11.7. The average molecular weight is 250 g/mol. The molecule has 1 saturated carbocycles. The number of hydrogen-bond donors (Lipinski definition) is 0. The van der Waals surface area contributed by atoms with Crippen molar-refractivity contribution in [2.75, 3.05) is 13.1 Å². The number of carbonyl (C=O) groups is 2. The molecular formula is C14H22N2O2. The number of carbonyl (C=O) groups excluding carboxylic acids is 2. The van der Waals surface area contributed by atoms with Crippen LogP contribution in [0, 0.1) is 0 Å². The first kappa shape index (κ1) is 12.0. The van der Waals surface area contributed by atoms with Gasteiger partial charge in [0.25, 0.3) is 0 Å². The zero-order chi connectivity index (χ0) is 12.5. The van der Waals surface area contributed by atoms with Gasteiger partial charge in [-0.2, -0.15) is 0 Å². The summed E-state index contributed by atoms with van der Waals surface area (Å²) in [5, 5.41) is 0. The number of amides is 2. The summed E-state index contributed by atoms with van der Waals surface area (Å²) in [5.41, 5.74) is 0. The Morgan fingerprint density at radius 1 is 0.722 bits per heavy atom. The second kappa shape index (κ2) is 4.90. The first-order valence-corrected chi connectivity index (χ1v) is 7.34. The fourth-order valence-electron chi connectivity index (χ4n) is 3.79. The smallest absolute Gasteiger partial charge is 0.222 e. The summed E-state index contributed by atoms with van der Waals surface area (Å²) in [6, 6.07) is 0.905. The second-order valence-corrected chi connectivity index (χ2v) is 5.84. The van der Waals surface area contributed by atoms with Crippen molar-refractivity contribution in [3.05, 3.63) is 0 Å². The van der Waals surface area contributed by atoms with Crippen molar-refractivity contribution in [1.82, 2.24) is 9.80 Å². The third kappa shape index (κ3) is 2.13. The largest absolute Gasteiger partial charge is 0.340 e. The van der Waals surface area contributed by atoms with Crippen molar-refractivity contribution >= 4 is 11.8 Å². The minimum absolute atomic E-state index is 0.343. The molecule has 2 heterocycles. The fourth-order valence-corrected chi connectivity index (χ4v) is 3.79. The zero-order valence-corrected chi connectivity index (χ0v) is 10.9. The van der Waals surface area contributed by atoms with Crippen molar-refractivity contribution in [2.24, 2.45) is 0 Å². The van der Waals surface area contributed by atoms with Crippen LogP contribution in [0.25, 0.3) is 0 Å². The highest BCUT2D eigenvalue weighted by molar-refractivity contribution is 5.79. The van der Waals surface area contributed by atoms with Gasteiger partial charge in [-0.1, -0.05) is 0 Å². The molecule has 3 rings (SSSR count). The van der Waals surface area contributed by atoms with Crippen molar-refractivity contribution in [1.29, 1.82) is 0 Å². The van der Waals surface area contributed by atoms with Gasteiger partial charge < -0.3 is 9.80 Å². The monoisotopic (exact) mass is 250 g/mol. The lowest BCUT2D eigenvalue weighted by molar-refractivity contribution is -0.133. The lowest BCUT2D eigenvalue weighted by atomic mass is 9.89. The lowest BCUT2D eigenvalue weighted by Crippen LogP contribution is -2.44. The lowest BCUT2D eigenvalue weighted by Gasteiger charge is -2.38. The summed E-state index contributed by atoms with van der Waals surface area (Å²) >= 11 is 0. The van der Waals surface area contributed by atoms with Gasteiger partial charge in [0.1, 0.15) is 0 Å². The summed E-state index contributed by atoms with van der Waals surface area (Å²) in [4.78, 5) is 27.6. The van der Waals surface area contributed by atoms with Gasteiger partial charge >= 0.3 is 0 Å². The first-order chi connectivity index (χ1) is 8.75. The second-order valence-electron chi connectivity index (χ2n) is 5.84. The van der Waals surface area contributed by atoms with E-state index in [1.165, 1.54) is 0 Å². The molecule has 4 heteroatoms. The SMILES string of the molecule is O=C1CCCN1C1CCC(N2CCCC2=O)CC1. The summed E-state index contributed by atoms with van der Waals surface area (Å²) in [6.07, 6.45) is 7.88. The van der Waals surface area contributed by atoms with E-state index in [0.29, 0.717) is 23.9 Å². The van der Waals surface area contributed by atoms with Gasteiger partial charge in [-0.3, -0.25) is 9.59 Å². The molecule has 0 spiro atoms. The molecule has 4 nitrogen and oxygen atoms in total. The third-order valence-corrected chi connectivity index (χ3v) is 4.77. The van der Waals surface area contributed by atoms with Gasteiger partial charge in [0.05, 0.1) is 0 Å². The van der Waals surface area contributed by atoms with E-state index in [0.717, 1.165) is 64.5 Å². The zero-order valence-electron chi connectivity index (χ0n) is 10.9. The van der Waals surface area contributed by atoms with E-state index in [2.05, 4.69) is 9.80 Å². The van der Waals surface area contributed by atoms with Crippen molar-refractivity contribution in [2.45, 2.75) is 63.5 Å². The molecule has 1 aliphatic carbocycles. The van der Waals surface area contributed by atoms with Crippen LogP contribution >= 0.6 is 0 Å². The third-order valence-electron chi connectivity index (χ3n) is 4.77. The van der Waals surface area contributed by atoms with E-state index < -0.39 is 0 Å². The van der Waals surface area contributed by atoms with Gasteiger partial charge in [-0.05, 0) is 38.5 Å². The van der Waals surface area contributed by atoms with E-state index >= 15 is 0 Å². The maximum Gasteiger partial charge on any atom is 0.222 e. The quantitative estimate of drug-likeness (QED) is 0.746. The molecule has 0 bridgehead atoms. The Bertz CT molecular complexity index is 314. The molecule has 2 saturated heterocycles. The molecule has 0 aromatic carbocycles. The van der Waals surface area contributed by atoms with E-state index in [9.17, 15) is 9.59 Å². The Kier molecular flexibility index (Phi) is 3.27. The number of likely N-dealkylation sites (tertiary alicyclic amines) is 2. The van der Waals surface area contributed by atoms with Crippen molar-refractivity contribution in [3.8, 4) is 0 Å². The highest BCUT2D eigenvalue weighted by atomic mass is 16.2. The Morgan fingerprint density at radius 3 is 1.39 bits per heavy atom. The Balaban J connectivity index is 1.54. The minimum Gasteiger partial charge on any atom is -0.340 e. The van der Waals surface area contributed by atoms with Gasteiger partial charge in [-0.15, -0.1) is 0 Å². The molecule has 2 amide bonds. The molecule has 100 valence electrons.